The van der Waals surface area contributed by atoms with E-state index in [1.165, 1.54) is 0 Å². The number of benzene rings is 1. The van der Waals surface area contributed by atoms with Gasteiger partial charge in [0, 0.05) is 24.1 Å². The number of nitrogens with two attached hydrogens (primary N) is 1. The van der Waals surface area contributed by atoms with E-state index in [1.54, 1.807) is 11.8 Å². The highest BCUT2D eigenvalue weighted by Gasteiger charge is 2.12. The molecule has 5 nitrogen and oxygen atoms in total. The predicted octanol–water partition coefficient (Wildman–Crippen LogP) is 2.73. The maximum absolute atomic E-state index is 5.82. The minimum Gasteiger partial charge on any atom is -0.493 e. The molecule has 2 heterocycles. The number of aromatic nitrogens is 2. The Morgan fingerprint density at radius 1 is 1.26 bits per heavy atom. The van der Waals surface area contributed by atoms with E-state index in [-0.39, 0.29) is 0 Å². The zero-order chi connectivity index (χ0) is 13.6. The Morgan fingerprint density at radius 3 is 2.68 bits per heavy atom. The SMILES string of the molecule is COc1cc(-c2cc(N)n(C)n2)cc2cc(C)oc12. The summed E-state index contributed by atoms with van der Waals surface area (Å²) in [6.45, 7) is 1.91. The van der Waals surface area contributed by atoms with E-state index < -0.39 is 0 Å². The van der Waals surface area contributed by atoms with Crippen molar-refractivity contribution >= 4 is 16.8 Å². The van der Waals surface area contributed by atoms with E-state index in [4.69, 9.17) is 14.9 Å². The summed E-state index contributed by atoms with van der Waals surface area (Å²) in [5.41, 5.74) is 8.35. The molecule has 3 aromatic rings. The number of ether oxygens (including phenoxy) is 1. The lowest BCUT2D eigenvalue weighted by Gasteiger charge is -2.03. The van der Waals surface area contributed by atoms with Gasteiger partial charge in [-0.15, -0.1) is 0 Å². The Labute approximate surface area is 110 Å². The summed E-state index contributed by atoms with van der Waals surface area (Å²) in [6.07, 6.45) is 0. The van der Waals surface area contributed by atoms with Crippen LogP contribution in [-0.2, 0) is 7.05 Å². The third-order valence-electron chi connectivity index (χ3n) is 3.14. The number of aryl methyl sites for hydroxylation is 2. The number of nitrogens with zero attached hydrogens (tertiary/aromatic N) is 2. The lowest BCUT2D eigenvalue weighted by molar-refractivity contribution is 0.409. The second kappa shape index (κ2) is 4.05. The van der Waals surface area contributed by atoms with Crippen molar-refractivity contribution in [2.75, 3.05) is 12.8 Å². The first-order chi connectivity index (χ1) is 9.08. The van der Waals surface area contributed by atoms with E-state index in [0.29, 0.717) is 11.6 Å². The minimum atomic E-state index is 0.623. The Bertz CT molecular complexity index is 736. The quantitative estimate of drug-likeness (QED) is 0.766. The van der Waals surface area contributed by atoms with Gasteiger partial charge in [-0.2, -0.15) is 5.10 Å². The van der Waals surface area contributed by atoms with E-state index in [9.17, 15) is 0 Å². The Hall–Kier alpha value is -2.43. The van der Waals surface area contributed by atoms with Gasteiger partial charge in [0.15, 0.2) is 11.3 Å². The molecular weight excluding hydrogens is 242 g/mol. The first-order valence-corrected chi connectivity index (χ1v) is 5.96. The molecule has 0 bridgehead atoms. The number of hydrogen-bond acceptors (Lipinski definition) is 4. The normalized spacial score (nSPS) is 11.1. The molecule has 0 amide bonds. The average molecular weight is 257 g/mol. The third kappa shape index (κ3) is 1.83. The maximum Gasteiger partial charge on any atom is 0.176 e. The highest BCUT2D eigenvalue weighted by Crippen LogP contribution is 2.34. The van der Waals surface area contributed by atoms with Gasteiger partial charge in [0.2, 0.25) is 0 Å². The van der Waals surface area contributed by atoms with Crippen LogP contribution < -0.4 is 10.5 Å². The summed E-state index contributed by atoms with van der Waals surface area (Å²) in [5.74, 6) is 2.17. The molecule has 19 heavy (non-hydrogen) atoms. The number of anilines is 1. The number of furan rings is 1. The van der Waals surface area contributed by atoms with Gasteiger partial charge in [0.25, 0.3) is 0 Å². The van der Waals surface area contributed by atoms with Crippen LogP contribution in [-0.4, -0.2) is 16.9 Å². The van der Waals surface area contributed by atoms with E-state index in [0.717, 1.165) is 28.0 Å². The summed E-state index contributed by atoms with van der Waals surface area (Å²) in [7, 11) is 3.44. The van der Waals surface area contributed by atoms with Crippen LogP contribution in [0.4, 0.5) is 5.82 Å². The molecule has 2 aromatic heterocycles. The first kappa shape index (κ1) is 11.6. The molecule has 0 spiro atoms. The molecule has 0 aliphatic carbocycles. The van der Waals surface area contributed by atoms with Gasteiger partial charge in [-0.25, -0.2) is 0 Å². The maximum atomic E-state index is 5.82. The van der Waals surface area contributed by atoms with Crippen molar-refractivity contribution in [2.24, 2.45) is 7.05 Å². The molecule has 0 fully saturated rings. The molecule has 0 atom stereocenters. The van der Waals surface area contributed by atoms with Gasteiger partial charge in [0.05, 0.1) is 12.8 Å². The molecule has 0 aliphatic rings. The third-order valence-corrected chi connectivity index (χ3v) is 3.14. The molecule has 0 radical (unpaired) electrons. The summed E-state index contributed by atoms with van der Waals surface area (Å²) in [4.78, 5) is 0. The average Bonchev–Trinajstić information content (AvgIpc) is 2.90. The second-order valence-electron chi connectivity index (χ2n) is 4.53. The fraction of sp³-hybridized carbons (Fsp3) is 0.214. The number of methoxy groups -OCH3 is 1. The van der Waals surface area contributed by atoms with Gasteiger partial charge >= 0.3 is 0 Å². The minimum absolute atomic E-state index is 0.623. The lowest BCUT2D eigenvalue weighted by Crippen LogP contribution is -1.96. The van der Waals surface area contributed by atoms with Crippen LogP contribution in [0.2, 0.25) is 0 Å². The molecule has 98 valence electrons. The molecular formula is C14H15N3O2. The van der Waals surface area contributed by atoms with Gasteiger partial charge < -0.3 is 14.9 Å². The van der Waals surface area contributed by atoms with Crippen molar-refractivity contribution in [1.82, 2.24) is 9.78 Å². The molecule has 0 unspecified atom stereocenters. The molecule has 0 aliphatic heterocycles. The van der Waals surface area contributed by atoms with Crippen LogP contribution in [0.3, 0.4) is 0 Å². The smallest absolute Gasteiger partial charge is 0.176 e. The fourth-order valence-corrected chi connectivity index (χ4v) is 2.17. The van der Waals surface area contributed by atoms with E-state index in [1.807, 2.05) is 38.2 Å². The largest absolute Gasteiger partial charge is 0.493 e. The van der Waals surface area contributed by atoms with Crippen LogP contribution in [0.5, 0.6) is 5.75 Å². The molecule has 0 saturated heterocycles. The molecule has 1 aromatic carbocycles. The highest BCUT2D eigenvalue weighted by atomic mass is 16.5. The molecule has 2 N–H and O–H groups in total. The van der Waals surface area contributed by atoms with Crippen molar-refractivity contribution in [1.29, 1.82) is 0 Å². The summed E-state index contributed by atoms with van der Waals surface area (Å²) < 4.78 is 12.7. The zero-order valence-electron chi connectivity index (χ0n) is 11.1. The predicted molar refractivity (Wildman–Crippen MR) is 74.1 cm³/mol. The first-order valence-electron chi connectivity index (χ1n) is 5.96. The van der Waals surface area contributed by atoms with Crippen molar-refractivity contribution in [3.63, 3.8) is 0 Å². The van der Waals surface area contributed by atoms with Gasteiger partial charge in [-0.1, -0.05) is 0 Å². The van der Waals surface area contributed by atoms with E-state index >= 15 is 0 Å². The van der Waals surface area contributed by atoms with Crippen molar-refractivity contribution in [2.45, 2.75) is 6.92 Å². The second-order valence-corrected chi connectivity index (χ2v) is 4.53. The summed E-state index contributed by atoms with van der Waals surface area (Å²) >= 11 is 0. The molecule has 3 rings (SSSR count). The monoisotopic (exact) mass is 257 g/mol. The fourth-order valence-electron chi connectivity index (χ4n) is 2.17. The summed E-state index contributed by atoms with van der Waals surface area (Å²) in [5, 5.41) is 5.37. The van der Waals surface area contributed by atoms with Gasteiger partial charge in [0.1, 0.15) is 11.6 Å². The highest BCUT2D eigenvalue weighted by molar-refractivity contribution is 5.89. The number of nitrogen functional groups attached to an aromatic ring is 1. The number of rotatable bonds is 2. The Morgan fingerprint density at radius 2 is 2.05 bits per heavy atom. The van der Waals surface area contributed by atoms with E-state index in [2.05, 4.69) is 5.10 Å². The Kier molecular flexibility index (Phi) is 2.48. The lowest BCUT2D eigenvalue weighted by atomic mass is 10.1. The van der Waals surface area contributed by atoms with Crippen molar-refractivity contribution in [3.8, 4) is 17.0 Å². The summed E-state index contributed by atoms with van der Waals surface area (Å²) in [6, 6.07) is 7.75. The van der Waals surface area contributed by atoms with Crippen LogP contribution in [0.25, 0.3) is 22.2 Å². The van der Waals surface area contributed by atoms with Crippen LogP contribution >= 0.6 is 0 Å². The zero-order valence-corrected chi connectivity index (χ0v) is 11.1. The number of hydrogen-bond donors (Lipinski definition) is 1. The van der Waals surface area contributed by atoms with Crippen molar-refractivity contribution in [3.05, 3.63) is 30.0 Å². The van der Waals surface area contributed by atoms with Gasteiger partial charge in [-0.05, 0) is 25.1 Å². The van der Waals surface area contributed by atoms with Crippen LogP contribution in [0.1, 0.15) is 5.76 Å². The van der Waals surface area contributed by atoms with Crippen molar-refractivity contribution < 1.29 is 9.15 Å². The molecule has 0 saturated carbocycles. The number of fused-ring (bicyclic) bond motifs is 1. The Balaban J connectivity index is 2.24. The topological polar surface area (TPSA) is 66.2 Å². The van der Waals surface area contributed by atoms with Crippen LogP contribution in [0, 0.1) is 6.92 Å². The molecule has 5 heteroatoms. The standard InChI is InChI=1S/C14H15N3O2/c1-8-4-10-5-9(6-12(18-3)14(10)19-8)11-7-13(15)17(2)16-11/h4-7H,15H2,1-3H3. The van der Waals surface area contributed by atoms with Crippen LogP contribution in [0.15, 0.2) is 28.7 Å². The van der Waals surface area contributed by atoms with Gasteiger partial charge in [-0.3, -0.25) is 4.68 Å².